The number of hydrogen-bond acceptors (Lipinski definition) is 4. The summed E-state index contributed by atoms with van der Waals surface area (Å²) in [7, 11) is 0. The van der Waals surface area contributed by atoms with Crippen LogP contribution in [0.5, 0.6) is 0 Å². The Morgan fingerprint density at radius 3 is 1.31 bits per heavy atom. The minimum absolute atomic E-state index is 0.301. The van der Waals surface area contributed by atoms with Crippen molar-refractivity contribution < 1.29 is 19.1 Å². The van der Waals surface area contributed by atoms with Gasteiger partial charge in [0, 0.05) is 0 Å². The maximum Gasteiger partial charge on any atom is 0.309 e. The zero-order chi connectivity index (χ0) is 12.6. The van der Waals surface area contributed by atoms with Crippen LogP contribution < -0.4 is 0 Å². The van der Waals surface area contributed by atoms with E-state index in [1.807, 2.05) is 13.8 Å². The van der Waals surface area contributed by atoms with Crippen molar-refractivity contribution in [2.75, 3.05) is 13.2 Å². The molecule has 16 heavy (non-hydrogen) atoms. The van der Waals surface area contributed by atoms with Crippen LogP contribution in [-0.4, -0.2) is 25.2 Å². The van der Waals surface area contributed by atoms with Gasteiger partial charge >= 0.3 is 11.9 Å². The van der Waals surface area contributed by atoms with Gasteiger partial charge in [0.25, 0.3) is 0 Å². The van der Waals surface area contributed by atoms with E-state index in [0.29, 0.717) is 26.1 Å². The lowest BCUT2D eigenvalue weighted by atomic mass is 9.88. The molecule has 4 heteroatoms. The molecule has 0 rings (SSSR count). The molecule has 0 unspecified atom stereocenters. The van der Waals surface area contributed by atoms with Gasteiger partial charge in [-0.3, -0.25) is 9.59 Å². The average Bonchev–Trinajstić information content (AvgIpc) is 2.25. The first kappa shape index (κ1) is 14.9. The minimum atomic E-state index is -0.385. The van der Waals surface area contributed by atoms with Crippen LogP contribution in [0, 0.1) is 11.8 Å². The molecule has 0 heterocycles. The van der Waals surface area contributed by atoms with E-state index in [0.717, 1.165) is 0 Å². The third-order valence-electron chi connectivity index (χ3n) is 2.54. The normalized spacial score (nSPS) is 14.0. The second-order valence-electron chi connectivity index (χ2n) is 3.53. The minimum Gasteiger partial charge on any atom is -0.466 e. The fourth-order valence-electron chi connectivity index (χ4n) is 1.73. The van der Waals surface area contributed by atoms with E-state index in [1.54, 1.807) is 13.8 Å². The van der Waals surface area contributed by atoms with Crippen molar-refractivity contribution in [3.63, 3.8) is 0 Å². The van der Waals surface area contributed by atoms with Gasteiger partial charge in [0.05, 0.1) is 25.0 Å². The zero-order valence-corrected chi connectivity index (χ0v) is 10.6. The summed E-state index contributed by atoms with van der Waals surface area (Å²) in [5.74, 6) is -1.37. The quantitative estimate of drug-likeness (QED) is 0.629. The first-order chi connectivity index (χ1) is 7.62. The van der Waals surface area contributed by atoms with E-state index in [9.17, 15) is 9.59 Å². The average molecular weight is 230 g/mol. The van der Waals surface area contributed by atoms with Gasteiger partial charge in [0.15, 0.2) is 0 Å². The zero-order valence-electron chi connectivity index (χ0n) is 10.6. The molecule has 0 aromatic carbocycles. The lowest BCUT2D eigenvalue weighted by Crippen LogP contribution is -2.32. The molecule has 0 radical (unpaired) electrons. The molecule has 4 nitrogen and oxygen atoms in total. The van der Waals surface area contributed by atoms with Crippen LogP contribution in [0.2, 0.25) is 0 Å². The van der Waals surface area contributed by atoms with E-state index in [4.69, 9.17) is 9.47 Å². The predicted molar refractivity (Wildman–Crippen MR) is 60.8 cm³/mol. The van der Waals surface area contributed by atoms with Gasteiger partial charge in [-0.25, -0.2) is 0 Å². The fourth-order valence-corrected chi connectivity index (χ4v) is 1.73. The molecule has 94 valence electrons. The molecule has 0 aliphatic heterocycles. The van der Waals surface area contributed by atoms with E-state index in [2.05, 4.69) is 0 Å². The SMILES string of the molecule is CCOC(=O)[C@@H](CC)[C@@H](CC)C(=O)OCC. The van der Waals surface area contributed by atoms with Crippen molar-refractivity contribution in [1.29, 1.82) is 0 Å². The molecule has 0 aliphatic rings. The Bertz CT molecular complexity index is 201. The second kappa shape index (κ2) is 8.13. The van der Waals surface area contributed by atoms with Gasteiger partial charge < -0.3 is 9.47 Å². The van der Waals surface area contributed by atoms with Gasteiger partial charge in [0.2, 0.25) is 0 Å². The summed E-state index contributed by atoms with van der Waals surface area (Å²) < 4.78 is 9.92. The number of carbonyl (C=O) groups is 2. The first-order valence-corrected chi connectivity index (χ1v) is 5.95. The Morgan fingerprint density at radius 1 is 0.812 bits per heavy atom. The van der Waals surface area contributed by atoms with Crippen LogP contribution >= 0.6 is 0 Å². The highest BCUT2D eigenvalue weighted by atomic mass is 16.5. The number of ether oxygens (including phenoxy) is 2. The third kappa shape index (κ3) is 4.21. The summed E-state index contributed by atoms with van der Waals surface area (Å²) in [4.78, 5) is 23.3. The largest absolute Gasteiger partial charge is 0.466 e. The van der Waals surface area contributed by atoms with E-state index in [-0.39, 0.29) is 23.8 Å². The van der Waals surface area contributed by atoms with Crippen LogP contribution in [0.1, 0.15) is 40.5 Å². The summed E-state index contributed by atoms with van der Waals surface area (Å²) in [5, 5.41) is 0. The maximum absolute atomic E-state index is 11.7. The molecule has 0 fully saturated rings. The Morgan fingerprint density at radius 2 is 1.12 bits per heavy atom. The standard InChI is InChI=1S/C12H22O4/c1-5-9(11(13)15-7-3)10(6-2)12(14)16-8-4/h9-10H,5-8H2,1-4H3/t9-,10+. The van der Waals surface area contributed by atoms with E-state index < -0.39 is 0 Å². The van der Waals surface area contributed by atoms with Crippen molar-refractivity contribution in [2.45, 2.75) is 40.5 Å². The van der Waals surface area contributed by atoms with Crippen molar-refractivity contribution >= 4 is 11.9 Å². The fraction of sp³-hybridized carbons (Fsp3) is 0.833. The van der Waals surface area contributed by atoms with Crippen LogP contribution in [0.4, 0.5) is 0 Å². The van der Waals surface area contributed by atoms with Gasteiger partial charge in [-0.1, -0.05) is 13.8 Å². The molecular weight excluding hydrogens is 208 g/mol. The molecule has 0 saturated heterocycles. The number of hydrogen-bond donors (Lipinski definition) is 0. The van der Waals surface area contributed by atoms with Gasteiger partial charge in [0.1, 0.15) is 0 Å². The highest BCUT2D eigenvalue weighted by molar-refractivity contribution is 5.82. The van der Waals surface area contributed by atoms with E-state index in [1.165, 1.54) is 0 Å². The molecule has 0 aromatic heterocycles. The molecule has 0 amide bonds. The Balaban J connectivity index is 4.61. The molecule has 0 N–H and O–H groups in total. The molecule has 0 bridgehead atoms. The Labute approximate surface area is 97.3 Å². The summed E-state index contributed by atoms with van der Waals surface area (Å²) in [6.45, 7) is 7.96. The van der Waals surface area contributed by atoms with Crippen LogP contribution in [0.3, 0.4) is 0 Å². The van der Waals surface area contributed by atoms with Gasteiger partial charge in [-0.2, -0.15) is 0 Å². The monoisotopic (exact) mass is 230 g/mol. The van der Waals surface area contributed by atoms with Crippen LogP contribution in [0.15, 0.2) is 0 Å². The highest BCUT2D eigenvalue weighted by Gasteiger charge is 2.32. The van der Waals surface area contributed by atoms with Crippen molar-refractivity contribution in [3.05, 3.63) is 0 Å². The van der Waals surface area contributed by atoms with Crippen molar-refractivity contribution in [2.24, 2.45) is 11.8 Å². The lowest BCUT2D eigenvalue weighted by molar-refractivity contribution is -0.160. The molecule has 2 atom stereocenters. The predicted octanol–water partition coefficient (Wildman–Crippen LogP) is 2.17. The summed E-state index contributed by atoms with van der Waals surface area (Å²) in [6.07, 6.45) is 1.19. The summed E-state index contributed by atoms with van der Waals surface area (Å²) in [5.41, 5.74) is 0. The molecule has 0 aliphatic carbocycles. The number of esters is 2. The molecule has 0 saturated carbocycles. The topological polar surface area (TPSA) is 52.6 Å². The highest BCUT2D eigenvalue weighted by Crippen LogP contribution is 2.22. The van der Waals surface area contributed by atoms with Crippen LogP contribution in [0.25, 0.3) is 0 Å². The molecule has 0 spiro atoms. The van der Waals surface area contributed by atoms with E-state index >= 15 is 0 Å². The molecule has 0 aromatic rings. The Hall–Kier alpha value is -1.06. The number of carbonyl (C=O) groups excluding carboxylic acids is 2. The summed E-state index contributed by atoms with van der Waals surface area (Å²) >= 11 is 0. The first-order valence-electron chi connectivity index (χ1n) is 5.95. The Kier molecular flexibility index (Phi) is 7.60. The molecular formula is C12H22O4. The lowest BCUT2D eigenvalue weighted by Gasteiger charge is -2.21. The van der Waals surface area contributed by atoms with Gasteiger partial charge in [-0.05, 0) is 26.7 Å². The second-order valence-corrected chi connectivity index (χ2v) is 3.53. The smallest absolute Gasteiger partial charge is 0.309 e. The summed E-state index contributed by atoms with van der Waals surface area (Å²) in [6, 6.07) is 0. The van der Waals surface area contributed by atoms with Crippen molar-refractivity contribution in [1.82, 2.24) is 0 Å². The maximum atomic E-state index is 11.7. The van der Waals surface area contributed by atoms with Crippen molar-refractivity contribution in [3.8, 4) is 0 Å². The third-order valence-corrected chi connectivity index (χ3v) is 2.54. The number of rotatable bonds is 7. The van der Waals surface area contributed by atoms with Gasteiger partial charge in [-0.15, -0.1) is 0 Å². The van der Waals surface area contributed by atoms with Crippen LogP contribution in [-0.2, 0) is 19.1 Å².